The number of hydrogen-bond acceptors (Lipinski definition) is 8. The number of fused-ring (bicyclic) bond motifs is 1. The van der Waals surface area contributed by atoms with E-state index < -0.39 is 46.7 Å². The number of aliphatic hydroxyl groups is 1. The summed E-state index contributed by atoms with van der Waals surface area (Å²) in [5, 5.41) is 19.8. The van der Waals surface area contributed by atoms with Crippen LogP contribution in [0.25, 0.3) is 5.52 Å². The van der Waals surface area contributed by atoms with Gasteiger partial charge in [0.15, 0.2) is 14.4 Å². The summed E-state index contributed by atoms with van der Waals surface area (Å²) in [4.78, 5) is 21.4. The molecule has 3 rings (SSSR count). The maximum atomic E-state index is 11.9. The minimum atomic E-state index is -2.97. The molecule has 0 aromatic carbocycles. The van der Waals surface area contributed by atoms with Gasteiger partial charge in [-0.05, 0) is 18.1 Å². The predicted molar refractivity (Wildman–Crippen MR) is 105 cm³/mol. The van der Waals surface area contributed by atoms with E-state index >= 15 is 0 Å². The van der Waals surface area contributed by atoms with Crippen LogP contribution in [0.4, 0.5) is 0 Å². The summed E-state index contributed by atoms with van der Waals surface area (Å²) in [5.74, 6) is 0. The minimum absolute atomic E-state index is 0.140. The molecule has 0 amide bonds. The number of H-pyrrole nitrogens is 1. The first-order valence-electron chi connectivity index (χ1n) is 9.14. The van der Waals surface area contributed by atoms with Gasteiger partial charge in [-0.15, -0.1) is 9.42 Å². The first kappa shape index (κ1) is 22.2. The third-order valence-corrected chi connectivity index (χ3v) is 10.5. The van der Waals surface area contributed by atoms with Crippen LogP contribution in [0.15, 0.2) is 17.2 Å². The molecule has 1 fully saturated rings. The topological polar surface area (TPSA) is 148 Å². The first-order valence-corrected chi connectivity index (χ1v) is 13.2. The molecule has 0 aliphatic carbocycles. The lowest BCUT2D eigenvalue weighted by Crippen LogP contribution is -2.49. The Kier molecular flexibility index (Phi) is 6.07. The fourth-order valence-corrected chi connectivity index (χ4v) is 4.84. The Balaban J connectivity index is 2.04. The van der Waals surface area contributed by atoms with Crippen molar-refractivity contribution in [3.05, 3.63) is 28.4 Å². The normalized spacial score (nSPS) is 26.2. The highest BCUT2D eigenvalue weighted by molar-refractivity contribution is 7.32. The molecule has 1 saturated heterocycles. The van der Waals surface area contributed by atoms with Crippen LogP contribution in [-0.2, 0) is 18.3 Å². The van der Waals surface area contributed by atoms with Crippen LogP contribution < -0.4 is 5.69 Å². The summed E-state index contributed by atoms with van der Waals surface area (Å²) in [7, 11) is -5.30. The Morgan fingerprint density at radius 2 is 2.03 bits per heavy atom. The van der Waals surface area contributed by atoms with E-state index in [2.05, 4.69) is 36.1 Å². The highest BCUT2D eigenvalue weighted by atomic mass is 31.1. The van der Waals surface area contributed by atoms with Crippen molar-refractivity contribution < 1.29 is 28.3 Å². The third kappa shape index (κ3) is 4.19. The molecule has 2 aromatic rings. The molecule has 1 unspecified atom stereocenters. The fourth-order valence-electron chi connectivity index (χ4n) is 3.08. The van der Waals surface area contributed by atoms with Crippen LogP contribution in [0.5, 0.6) is 0 Å². The van der Waals surface area contributed by atoms with E-state index in [0.717, 1.165) is 4.52 Å². The smallest absolute Gasteiger partial charge is 0.408 e. The van der Waals surface area contributed by atoms with E-state index in [1.165, 1.54) is 12.4 Å². The van der Waals surface area contributed by atoms with Crippen LogP contribution in [0, 0.1) is 0 Å². The van der Waals surface area contributed by atoms with Gasteiger partial charge in [0.1, 0.15) is 18.3 Å². The predicted octanol–water partition coefficient (Wildman–Crippen LogP) is 1.28. The van der Waals surface area contributed by atoms with Gasteiger partial charge in [-0.2, -0.15) is 14.7 Å². The molecule has 0 spiro atoms. The second-order valence-corrected chi connectivity index (χ2v) is 13.9. The van der Waals surface area contributed by atoms with Gasteiger partial charge in [0, 0.05) is 10.1 Å². The van der Waals surface area contributed by atoms with Gasteiger partial charge in [-0.25, -0.2) is 9.89 Å². The summed E-state index contributed by atoms with van der Waals surface area (Å²) in [6.07, 6.45) is -0.600. The second-order valence-electron chi connectivity index (χ2n) is 8.50. The van der Waals surface area contributed by atoms with Gasteiger partial charge >= 0.3 is 13.9 Å². The van der Waals surface area contributed by atoms with Crippen LogP contribution in [0.2, 0.25) is 18.1 Å². The van der Waals surface area contributed by atoms with Gasteiger partial charge in [0.05, 0.1) is 24.5 Å². The number of aromatic nitrogens is 4. The van der Waals surface area contributed by atoms with E-state index in [9.17, 15) is 19.4 Å². The molecule has 0 bridgehead atoms. The Morgan fingerprint density at radius 3 is 2.62 bits per heavy atom. The molecule has 13 heteroatoms. The highest BCUT2D eigenvalue weighted by Gasteiger charge is 2.54. The molecule has 160 valence electrons. The standard InChI is InChI=1S/C16H25N4O7PSi/c1-16(2,3)29(4,5)27-13-11(8-21)25-12(14(13)26-28(23)24)9-6-18-20-10(9)7-17-19-15(20)22/h6-7,11-14,21H,8H2,1-5H3,(H-,18,19,22,23,24)/p+1/t11-,12+,13-,14+/m1/s1. The number of rotatable bonds is 6. The summed E-state index contributed by atoms with van der Waals surface area (Å²) in [6, 6.07) is 0. The lowest BCUT2D eigenvalue weighted by Gasteiger charge is -2.39. The van der Waals surface area contributed by atoms with Gasteiger partial charge < -0.3 is 14.3 Å². The minimum Gasteiger partial charge on any atom is -0.408 e. The van der Waals surface area contributed by atoms with E-state index in [1.54, 1.807) is 0 Å². The van der Waals surface area contributed by atoms with Crippen LogP contribution in [0.3, 0.4) is 0 Å². The van der Waals surface area contributed by atoms with Crippen LogP contribution in [-0.4, -0.2) is 63.0 Å². The fraction of sp³-hybridized carbons (Fsp3) is 0.688. The zero-order valence-electron chi connectivity index (χ0n) is 16.9. The molecular formula is C16H26N4O7PSi+. The van der Waals surface area contributed by atoms with E-state index in [4.69, 9.17) is 13.7 Å². The van der Waals surface area contributed by atoms with Crippen molar-refractivity contribution in [2.24, 2.45) is 0 Å². The van der Waals surface area contributed by atoms with Crippen LogP contribution >= 0.6 is 8.25 Å². The maximum absolute atomic E-state index is 11.9. The molecule has 29 heavy (non-hydrogen) atoms. The molecule has 0 saturated carbocycles. The average Bonchev–Trinajstić information content (AvgIpc) is 3.16. The highest BCUT2D eigenvalue weighted by Crippen LogP contribution is 2.45. The molecule has 11 nitrogen and oxygen atoms in total. The molecule has 0 radical (unpaired) electrons. The number of aliphatic hydroxyl groups excluding tert-OH is 1. The maximum Gasteiger partial charge on any atom is 0.695 e. The van der Waals surface area contributed by atoms with Crippen molar-refractivity contribution >= 4 is 22.1 Å². The number of aromatic amines is 1. The summed E-state index contributed by atoms with van der Waals surface area (Å²) in [5.41, 5.74) is 0.278. The van der Waals surface area contributed by atoms with Crippen LogP contribution in [0.1, 0.15) is 32.4 Å². The number of hydrogen-bond donors (Lipinski definition) is 3. The van der Waals surface area contributed by atoms with Gasteiger partial charge in [0.25, 0.3) is 0 Å². The molecule has 1 aliphatic heterocycles. The van der Waals surface area contributed by atoms with Crippen molar-refractivity contribution in [1.82, 2.24) is 19.8 Å². The monoisotopic (exact) mass is 445 g/mol. The zero-order valence-corrected chi connectivity index (χ0v) is 18.8. The molecular weight excluding hydrogens is 419 g/mol. The molecule has 3 heterocycles. The quantitative estimate of drug-likeness (QED) is 0.441. The Hall–Kier alpha value is -1.53. The third-order valence-electron chi connectivity index (χ3n) is 5.62. The summed E-state index contributed by atoms with van der Waals surface area (Å²) in [6.45, 7) is 9.88. The van der Waals surface area contributed by atoms with E-state index in [0.29, 0.717) is 11.1 Å². The zero-order chi connectivity index (χ0) is 21.6. The van der Waals surface area contributed by atoms with Crippen molar-refractivity contribution in [2.75, 3.05) is 6.61 Å². The van der Waals surface area contributed by atoms with Gasteiger partial charge in [-0.1, -0.05) is 20.8 Å². The molecule has 3 N–H and O–H groups in total. The van der Waals surface area contributed by atoms with Gasteiger partial charge in [0.2, 0.25) is 0 Å². The summed E-state index contributed by atoms with van der Waals surface area (Å²) >= 11 is 0. The molecule has 1 aliphatic rings. The summed E-state index contributed by atoms with van der Waals surface area (Å²) < 4.78 is 30.4. The SMILES string of the molecule is CC(C)(C)[Si](C)(C)O[C@H]1[C@@H](O[P+](=O)O)[C@H](c2cnn3c(=O)[nH]ncc23)O[C@@H]1CO. The molecule has 5 atom stereocenters. The second kappa shape index (κ2) is 7.95. The number of ether oxygens (including phenoxy) is 1. The van der Waals surface area contributed by atoms with E-state index in [-0.39, 0.29) is 11.6 Å². The van der Waals surface area contributed by atoms with Crippen molar-refractivity contribution in [3.63, 3.8) is 0 Å². The lowest BCUT2D eigenvalue weighted by molar-refractivity contribution is -0.0197. The van der Waals surface area contributed by atoms with Crippen molar-refractivity contribution in [1.29, 1.82) is 0 Å². The Morgan fingerprint density at radius 1 is 1.34 bits per heavy atom. The first-order chi connectivity index (χ1) is 13.5. The Labute approximate surface area is 169 Å². The van der Waals surface area contributed by atoms with Crippen molar-refractivity contribution in [2.45, 2.75) is 63.3 Å². The van der Waals surface area contributed by atoms with E-state index in [1.807, 2.05) is 13.1 Å². The number of nitrogens with one attached hydrogen (secondary N) is 1. The van der Waals surface area contributed by atoms with Gasteiger partial charge in [-0.3, -0.25) is 0 Å². The average molecular weight is 445 g/mol. The van der Waals surface area contributed by atoms with Crippen molar-refractivity contribution in [3.8, 4) is 0 Å². The Bertz CT molecular complexity index is 957. The largest absolute Gasteiger partial charge is 0.695 e. The number of nitrogens with zero attached hydrogens (tertiary/aromatic N) is 3. The molecule has 2 aromatic heterocycles. The lowest BCUT2D eigenvalue weighted by atomic mass is 10.0.